The molecule has 0 bridgehead atoms. The van der Waals surface area contributed by atoms with Crippen LogP contribution in [0.4, 0.5) is 0 Å². The first-order valence-corrected chi connectivity index (χ1v) is 5.00. The van der Waals surface area contributed by atoms with Gasteiger partial charge in [-0.25, -0.2) is 0 Å². The van der Waals surface area contributed by atoms with Crippen molar-refractivity contribution in [1.29, 1.82) is 0 Å². The zero-order valence-corrected chi connectivity index (χ0v) is 8.24. The van der Waals surface area contributed by atoms with E-state index in [4.69, 9.17) is 4.89 Å². The number of carbonyl (C=O) groups excluding carboxylic acids is 2. The molecule has 0 amide bonds. The maximum absolute atomic E-state index is 10.9. The van der Waals surface area contributed by atoms with Crippen molar-refractivity contribution in [1.82, 2.24) is 0 Å². The van der Waals surface area contributed by atoms with E-state index in [1.165, 1.54) is 7.11 Å². The minimum absolute atomic E-state index is 0. The van der Waals surface area contributed by atoms with Crippen LogP contribution in [0.1, 0.15) is 12.8 Å². The number of rotatable bonds is 5. The van der Waals surface area contributed by atoms with Crippen molar-refractivity contribution in [3.8, 4) is 0 Å². The standard InChI is InChI=1S/C6H11O6P.Na.H/c1-11-5(7)3-4-6(8)13(9,10)12-2;;/h3-4H2,1-2H3,(H,9,10);;. The van der Waals surface area contributed by atoms with E-state index in [1.54, 1.807) is 0 Å². The summed E-state index contributed by atoms with van der Waals surface area (Å²) in [6, 6.07) is 0. The first kappa shape index (κ1) is 16.7. The van der Waals surface area contributed by atoms with Gasteiger partial charge in [0.05, 0.1) is 13.5 Å². The van der Waals surface area contributed by atoms with E-state index < -0.39 is 19.1 Å². The number of hydrogen-bond donors (Lipinski definition) is 1. The van der Waals surface area contributed by atoms with Crippen LogP contribution >= 0.6 is 7.60 Å². The number of hydrogen-bond acceptors (Lipinski definition) is 5. The molecule has 0 aliphatic heterocycles. The van der Waals surface area contributed by atoms with Gasteiger partial charge < -0.3 is 14.2 Å². The van der Waals surface area contributed by atoms with Crippen LogP contribution in [-0.2, 0) is 23.4 Å². The van der Waals surface area contributed by atoms with E-state index >= 15 is 0 Å². The van der Waals surface area contributed by atoms with Gasteiger partial charge in [0.25, 0.3) is 0 Å². The molecular weight excluding hydrogens is 222 g/mol. The Balaban J connectivity index is 0. The summed E-state index contributed by atoms with van der Waals surface area (Å²) in [4.78, 5) is 30.2. The molecule has 0 aromatic rings. The molecule has 8 heteroatoms. The summed E-state index contributed by atoms with van der Waals surface area (Å²) in [7, 11) is -2.05. The molecule has 0 rings (SSSR count). The molecule has 0 aliphatic carbocycles. The summed E-state index contributed by atoms with van der Waals surface area (Å²) in [5.41, 5.74) is -0.986. The van der Waals surface area contributed by atoms with Gasteiger partial charge in [-0.15, -0.1) is 0 Å². The molecule has 0 radical (unpaired) electrons. The van der Waals surface area contributed by atoms with Crippen molar-refractivity contribution >= 4 is 48.6 Å². The van der Waals surface area contributed by atoms with Crippen LogP contribution in [0.25, 0.3) is 0 Å². The van der Waals surface area contributed by atoms with Crippen LogP contribution in [0.15, 0.2) is 0 Å². The van der Waals surface area contributed by atoms with Crippen molar-refractivity contribution in [2.45, 2.75) is 12.8 Å². The summed E-state index contributed by atoms with van der Waals surface area (Å²) < 4.78 is 19.1. The summed E-state index contributed by atoms with van der Waals surface area (Å²) >= 11 is 0. The average molecular weight is 234 g/mol. The van der Waals surface area contributed by atoms with Gasteiger partial charge in [-0.1, -0.05) is 0 Å². The quantitative estimate of drug-likeness (QED) is 0.397. The van der Waals surface area contributed by atoms with E-state index in [-0.39, 0.29) is 42.4 Å². The minimum atomic E-state index is -4.18. The molecule has 0 aromatic heterocycles. The second kappa shape index (κ2) is 7.56. The molecule has 6 nitrogen and oxygen atoms in total. The SMILES string of the molecule is COC(=O)CCC(=O)P(=O)(O)OC.[NaH]. The third-order valence-corrected chi connectivity index (χ3v) is 2.68. The molecule has 0 heterocycles. The third kappa shape index (κ3) is 5.90. The van der Waals surface area contributed by atoms with E-state index in [2.05, 4.69) is 9.26 Å². The molecule has 0 saturated carbocycles. The Labute approximate surface area is 104 Å². The summed E-state index contributed by atoms with van der Waals surface area (Å²) in [5, 5.41) is 0. The van der Waals surface area contributed by atoms with E-state index in [1.807, 2.05) is 0 Å². The third-order valence-electron chi connectivity index (χ3n) is 1.33. The fourth-order valence-electron chi connectivity index (χ4n) is 0.554. The Morgan fingerprint density at radius 2 is 1.79 bits per heavy atom. The molecule has 0 spiro atoms. The normalized spacial score (nSPS) is 13.6. The van der Waals surface area contributed by atoms with Crippen LogP contribution in [0.5, 0.6) is 0 Å². The van der Waals surface area contributed by atoms with E-state index in [0.717, 1.165) is 7.11 Å². The predicted octanol–water partition coefficient (Wildman–Crippen LogP) is -0.351. The summed E-state index contributed by atoms with van der Waals surface area (Å²) in [6.07, 6.45) is -0.572. The zero-order chi connectivity index (χ0) is 10.5. The molecule has 14 heavy (non-hydrogen) atoms. The van der Waals surface area contributed by atoms with E-state index in [9.17, 15) is 14.2 Å². The first-order chi connectivity index (χ1) is 5.94. The zero-order valence-electron chi connectivity index (χ0n) is 7.35. The van der Waals surface area contributed by atoms with Gasteiger partial charge in [-0.3, -0.25) is 14.2 Å². The van der Waals surface area contributed by atoms with Gasteiger partial charge in [0, 0.05) is 13.5 Å². The van der Waals surface area contributed by atoms with Gasteiger partial charge in [0.1, 0.15) is 0 Å². The molecular formula is C6H12NaO6P. The van der Waals surface area contributed by atoms with Crippen LogP contribution in [0, 0.1) is 0 Å². The average Bonchev–Trinajstić information content (AvgIpc) is 2.13. The fourth-order valence-corrected chi connectivity index (χ4v) is 1.15. The Morgan fingerprint density at radius 1 is 1.29 bits per heavy atom. The first-order valence-electron chi connectivity index (χ1n) is 3.42. The fraction of sp³-hybridized carbons (Fsp3) is 0.667. The maximum atomic E-state index is 10.9. The van der Waals surface area contributed by atoms with Gasteiger partial charge in [-0.05, 0) is 0 Å². The molecule has 0 aliphatic rings. The van der Waals surface area contributed by atoms with Gasteiger partial charge in [0.15, 0.2) is 0 Å². The summed E-state index contributed by atoms with van der Waals surface area (Å²) in [5.74, 6) is -0.607. The Hall–Kier alpha value is 0.290. The Kier molecular flexibility index (Phi) is 9.03. The molecule has 1 N–H and O–H groups in total. The number of methoxy groups -OCH3 is 1. The molecule has 0 saturated heterocycles. The van der Waals surface area contributed by atoms with Crippen LogP contribution < -0.4 is 0 Å². The number of carbonyl (C=O) groups is 2. The topological polar surface area (TPSA) is 89.9 Å². The molecule has 1 unspecified atom stereocenters. The van der Waals surface area contributed by atoms with Crippen LogP contribution in [0.3, 0.4) is 0 Å². The van der Waals surface area contributed by atoms with Gasteiger partial charge in [0.2, 0.25) is 5.52 Å². The summed E-state index contributed by atoms with van der Waals surface area (Å²) in [6.45, 7) is 0. The van der Waals surface area contributed by atoms with E-state index in [0.29, 0.717) is 0 Å². The van der Waals surface area contributed by atoms with Crippen LogP contribution in [-0.4, -0.2) is 60.2 Å². The number of esters is 1. The Morgan fingerprint density at radius 3 is 2.14 bits per heavy atom. The van der Waals surface area contributed by atoms with Crippen molar-refractivity contribution in [2.75, 3.05) is 14.2 Å². The van der Waals surface area contributed by atoms with Gasteiger partial charge >= 0.3 is 43.1 Å². The second-order valence-corrected chi connectivity index (χ2v) is 4.08. The Bertz CT molecular complexity index is 253. The van der Waals surface area contributed by atoms with Crippen molar-refractivity contribution in [3.63, 3.8) is 0 Å². The molecule has 0 aromatic carbocycles. The molecule has 78 valence electrons. The van der Waals surface area contributed by atoms with Crippen LogP contribution in [0.2, 0.25) is 0 Å². The van der Waals surface area contributed by atoms with Crippen molar-refractivity contribution in [2.24, 2.45) is 0 Å². The van der Waals surface area contributed by atoms with Crippen molar-refractivity contribution < 1.29 is 28.3 Å². The monoisotopic (exact) mass is 234 g/mol. The number of ether oxygens (including phenoxy) is 1. The predicted molar refractivity (Wildman–Crippen MR) is 50.2 cm³/mol. The van der Waals surface area contributed by atoms with Crippen molar-refractivity contribution in [3.05, 3.63) is 0 Å². The van der Waals surface area contributed by atoms with Gasteiger partial charge in [-0.2, -0.15) is 0 Å². The second-order valence-electron chi connectivity index (χ2n) is 2.17. The molecule has 0 fully saturated rings. The molecule has 1 atom stereocenters.